The van der Waals surface area contributed by atoms with Gasteiger partial charge in [-0.2, -0.15) is 0 Å². The van der Waals surface area contributed by atoms with E-state index in [1.807, 2.05) is 38.1 Å². The summed E-state index contributed by atoms with van der Waals surface area (Å²) in [6.45, 7) is 6.56. The zero-order valence-electron chi connectivity index (χ0n) is 21.8. The van der Waals surface area contributed by atoms with Gasteiger partial charge in [-0.15, -0.1) is 0 Å². The molecule has 3 heterocycles. The number of methoxy groups -OCH3 is 2. The van der Waals surface area contributed by atoms with Crippen molar-refractivity contribution in [2.45, 2.75) is 32.9 Å². The third-order valence-electron chi connectivity index (χ3n) is 6.16. The van der Waals surface area contributed by atoms with Gasteiger partial charge in [-0.1, -0.05) is 23.5 Å². The van der Waals surface area contributed by atoms with Crippen LogP contribution in [-0.2, 0) is 9.53 Å². The number of aromatic nitrogens is 1. The molecule has 198 valence electrons. The van der Waals surface area contributed by atoms with Gasteiger partial charge in [-0.3, -0.25) is 9.36 Å². The maximum Gasteiger partial charge on any atom is 0.338 e. The fourth-order valence-electron chi connectivity index (χ4n) is 4.51. The van der Waals surface area contributed by atoms with Gasteiger partial charge in [-0.05, 0) is 62.2 Å². The Labute approximate surface area is 223 Å². The Bertz CT molecular complexity index is 1620. The normalized spacial score (nSPS) is 16.7. The number of hydrogen-bond donors (Lipinski definition) is 0. The van der Waals surface area contributed by atoms with E-state index < -0.39 is 12.0 Å². The predicted molar refractivity (Wildman–Crippen MR) is 142 cm³/mol. The molecule has 3 aromatic rings. The van der Waals surface area contributed by atoms with Crippen LogP contribution in [0.1, 0.15) is 37.9 Å². The topological polar surface area (TPSA) is 97.6 Å². The van der Waals surface area contributed by atoms with Gasteiger partial charge in [0, 0.05) is 0 Å². The van der Waals surface area contributed by atoms with Gasteiger partial charge in [0.2, 0.25) is 0 Å². The lowest BCUT2D eigenvalue weighted by atomic mass is 9.95. The molecular weight excluding hydrogens is 508 g/mol. The molecule has 2 aliphatic heterocycles. The molecule has 0 spiro atoms. The van der Waals surface area contributed by atoms with Crippen molar-refractivity contribution in [2.24, 2.45) is 4.99 Å². The minimum absolute atomic E-state index is 0.0549. The minimum Gasteiger partial charge on any atom is -0.493 e. The number of carbonyl (C=O) groups is 1. The molecule has 1 aromatic heterocycles. The van der Waals surface area contributed by atoms with Crippen LogP contribution in [0.4, 0.5) is 0 Å². The Kier molecular flexibility index (Phi) is 6.98. The molecule has 5 rings (SSSR count). The highest BCUT2D eigenvalue weighted by molar-refractivity contribution is 7.07. The first kappa shape index (κ1) is 25.6. The summed E-state index contributed by atoms with van der Waals surface area (Å²) in [5, 5.41) is 0. The Morgan fingerprint density at radius 1 is 1.11 bits per heavy atom. The SMILES string of the molecule is COC(=O)C1=C(C)N=c2sc(=Cc3ccc4c(c3)OCCO4)c(=O)n2[C@H]1c1ccc(OC(C)C)c(OC)c1. The molecule has 0 bridgehead atoms. The van der Waals surface area contributed by atoms with Crippen LogP contribution in [0.2, 0.25) is 0 Å². The second kappa shape index (κ2) is 10.4. The van der Waals surface area contributed by atoms with E-state index >= 15 is 0 Å². The van der Waals surface area contributed by atoms with Crippen molar-refractivity contribution in [3.05, 3.63) is 78.5 Å². The Hall–Kier alpha value is -4.05. The van der Waals surface area contributed by atoms with Crippen LogP contribution in [0.25, 0.3) is 6.08 Å². The van der Waals surface area contributed by atoms with E-state index in [1.54, 1.807) is 32.2 Å². The molecular formula is C28H28N2O7S. The molecule has 0 fully saturated rings. The van der Waals surface area contributed by atoms with Crippen LogP contribution in [0.3, 0.4) is 0 Å². The fourth-order valence-corrected chi connectivity index (χ4v) is 5.56. The smallest absolute Gasteiger partial charge is 0.338 e. The van der Waals surface area contributed by atoms with Gasteiger partial charge < -0.3 is 23.7 Å². The van der Waals surface area contributed by atoms with Crippen LogP contribution < -0.4 is 33.8 Å². The number of ether oxygens (including phenoxy) is 5. The van der Waals surface area contributed by atoms with Crippen LogP contribution in [0, 0.1) is 0 Å². The number of hydrogen-bond acceptors (Lipinski definition) is 9. The van der Waals surface area contributed by atoms with Crippen LogP contribution in [-0.4, -0.2) is 44.1 Å². The highest BCUT2D eigenvalue weighted by Crippen LogP contribution is 2.36. The quantitative estimate of drug-likeness (QED) is 0.447. The zero-order chi connectivity index (χ0) is 27.0. The van der Waals surface area contributed by atoms with Crippen LogP contribution >= 0.6 is 11.3 Å². The average molecular weight is 537 g/mol. The molecule has 0 N–H and O–H groups in total. The fraction of sp³-hybridized carbons (Fsp3) is 0.321. The molecule has 38 heavy (non-hydrogen) atoms. The minimum atomic E-state index is -0.761. The summed E-state index contributed by atoms with van der Waals surface area (Å²) in [6.07, 6.45) is 1.73. The number of carbonyl (C=O) groups excluding carboxylic acids is 1. The van der Waals surface area contributed by atoms with Crippen molar-refractivity contribution >= 4 is 23.4 Å². The van der Waals surface area contributed by atoms with E-state index in [-0.39, 0.29) is 17.2 Å². The summed E-state index contributed by atoms with van der Waals surface area (Å²) in [6, 6.07) is 10.2. The third kappa shape index (κ3) is 4.67. The van der Waals surface area contributed by atoms with Crippen molar-refractivity contribution in [1.29, 1.82) is 0 Å². The standard InChI is InChI=1S/C28H28N2O7S/c1-15(2)37-20-9-7-18(14-21(20)33-4)25-24(27(32)34-5)16(3)29-28-30(25)26(31)23(38-28)13-17-6-8-19-22(12-17)36-11-10-35-19/h6-9,12-15,25H,10-11H2,1-5H3/t25-/m0/s1. The van der Waals surface area contributed by atoms with Crippen molar-refractivity contribution in [3.63, 3.8) is 0 Å². The predicted octanol–water partition coefficient (Wildman–Crippen LogP) is 2.98. The van der Waals surface area contributed by atoms with E-state index in [2.05, 4.69) is 4.99 Å². The first-order chi connectivity index (χ1) is 18.3. The molecule has 2 aromatic carbocycles. The number of esters is 1. The van der Waals surface area contributed by atoms with Gasteiger partial charge >= 0.3 is 5.97 Å². The number of fused-ring (bicyclic) bond motifs is 2. The van der Waals surface area contributed by atoms with Gasteiger partial charge in [-0.25, -0.2) is 9.79 Å². The molecule has 0 unspecified atom stereocenters. The average Bonchev–Trinajstić information content (AvgIpc) is 3.21. The van der Waals surface area contributed by atoms with Crippen molar-refractivity contribution in [2.75, 3.05) is 27.4 Å². The van der Waals surface area contributed by atoms with Gasteiger partial charge in [0.15, 0.2) is 27.8 Å². The Morgan fingerprint density at radius 3 is 2.58 bits per heavy atom. The highest BCUT2D eigenvalue weighted by atomic mass is 32.1. The first-order valence-electron chi connectivity index (χ1n) is 12.2. The van der Waals surface area contributed by atoms with Crippen LogP contribution in [0.5, 0.6) is 23.0 Å². The maximum atomic E-state index is 13.8. The van der Waals surface area contributed by atoms with Crippen molar-refractivity contribution in [1.82, 2.24) is 4.57 Å². The van der Waals surface area contributed by atoms with Crippen LogP contribution in [0.15, 0.2) is 57.5 Å². The monoisotopic (exact) mass is 536 g/mol. The van der Waals surface area contributed by atoms with Gasteiger partial charge in [0.05, 0.1) is 42.2 Å². The summed E-state index contributed by atoms with van der Waals surface area (Å²) in [5.41, 5.74) is 1.95. The summed E-state index contributed by atoms with van der Waals surface area (Å²) in [5.74, 6) is 1.81. The number of benzene rings is 2. The molecule has 1 atom stereocenters. The molecule has 0 saturated carbocycles. The van der Waals surface area contributed by atoms with Gasteiger partial charge in [0.1, 0.15) is 13.2 Å². The maximum absolute atomic E-state index is 13.8. The zero-order valence-corrected chi connectivity index (χ0v) is 22.6. The summed E-state index contributed by atoms with van der Waals surface area (Å²) >= 11 is 1.25. The first-order valence-corrected chi connectivity index (χ1v) is 13.0. The van der Waals surface area contributed by atoms with E-state index in [9.17, 15) is 9.59 Å². The molecule has 0 saturated heterocycles. The van der Waals surface area contributed by atoms with Gasteiger partial charge in [0.25, 0.3) is 5.56 Å². The second-order valence-electron chi connectivity index (χ2n) is 9.05. The summed E-state index contributed by atoms with van der Waals surface area (Å²) in [7, 11) is 2.86. The third-order valence-corrected chi connectivity index (χ3v) is 7.14. The van der Waals surface area contributed by atoms with E-state index in [0.29, 0.717) is 56.8 Å². The lowest BCUT2D eigenvalue weighted by Crippen LogP contribution is -2.39. The van der Waals surface area contributed by atoms with E-state index in [1.165, 1.54) is 23.0 Å². The number of rotatable bonds is 6. The highest BCUT2D eigenvalue weighted by Gasteiger charge is 2.33. The molecule has 9 nitrogen and oxygen atoms in total. The Morgan fingerprint density at radius 2 is 1.87 bits per heavy atom. The molecule has 0 amide bonds. The second-order valence-corrected chi connectivity index (χ2v) is 10.1. The van der Waals surface area contributed by atoms with Crippen molar-refractivity contribution < 1.29 is 28.5 Å². The number of nitrogens with zero attached hydrogens (tertiary/aromatic N) is 2. The molecule has 10 heteroatoms. The molecule has 0 radical (unpaired) electrons. The number of allylic oxidation sites excluding steroid dienone is 1. The largest absolute Gasteiger partial charge is 0.493 e. The Balaban J connectivity index is 1.67. The summed E-state index contributed by atoms with van der Waals surface area (Å²) < 4.78 is 29.8. The lowest BCUT2D eigenvalue weighted by Gasteiger charge is -2.25. The summed E-state index contributed by atoms with van der Waals surface area (Å²) in [4.78, 5) is 31.8. The molecule has 0 aliphatic carbocycles. The molecule has 2 aliphatic rings. The number of thiazole rings is 1. The van der Waals surface area contributed by atoms with Crippen molar-refractivity contribution in [3.8, 4) is 23.0 Å². The lowest BCUT2D eigenvalue weighted by molar-refractivity contribution is -0.136. The van der Waals surface area contributed by atoms with E-state index in [0.717, 1.165) is 5.56 Å². The van der Waals surface area contributed by atoms with E-state index in [4.69, 9.17) is 23.7 Å².